The summed E-state index contributed by atoms with van der Waals surface area (Å²) >= 11 is 0. The van der Waals surface area contributed by atoms with Gasteiger partial charge in [-0.25, -0.2) is 0 Å². The highest BCUT2D eigenvalue weighted by atomic mass is 15.3. The monoisotopic (exact) mass is 543 g/mol. The predicted octanol–water partition coefficient (Wildman–Crippen LogP) is 13.4. The zero-order valence-electron chi connectivity index (χ0n) is 27.5. The molecule has 0 atom stereocenters. The summed E-state index contributed by atoms with van der Waals surface area (Å²) in [5.41, 5.74) is 0. The van der Waals surface area contributed by atoms with E-state index in [1.165, 1.54) is 167 Å². The van der Waals surface area contributed by atoms with Gasteiger partial charge in [0.1, 0.15) is 0 Å². The quantitative estimate of drug-likeness (QED) is 0.0481. The van der Waals surface area contributed by atoms with Crippen molar-refractivity contribution in [3.8, 4) is 0 Å². The van der Waals surface area contributed by atoms with Crippen molar-refractivity contribution in [2.45, 2.75) is 181 Å². The van der Waals surface area contributed by atoms with Gasteiger partial charge in [-0.15, -0.1) is 0 Å². The zero-order chi connectivity index (χ0) is 28.5. The highest BCUT2D eigenvalue weighted by Crippen LogP contribution is 2.14. The molecule has 0 radical (unpaired) electrons. The van der Waals surface area contributed by atoms with Gasteiger partial charge in [0.05, 0.1) is 26.5 Å². The maximum atomic E-state index is 2.34. The highest BCUT2D eigenvalue weighted by Gasteiger charge is 2.03. The molecule has 0 aromatic heterocycles. The zero-order valence-corrected chi connectivity index (χ0v) is 27.5. The number of hydrogen-bond acceptors (Lipinski definition) is 0. The molecular weight excluding hydrogens is 470 g/mol. The third-order valence-corrected chi connectivity index (χ3v) is 7.88. The molecule has 1 heteroatoms. The van der Waals surface area contributed by atoms with Gasteiger partial charge in [-0.3, -0.25) is 4.48 Å². The lowest BCUT2D eigenvalue weighted by Crippen LogP contribution is -2.25. The summed E-state index contributed by atoms with van der Waals surface area (Å²) in [6.45, 7) is 4.59. The number of quaternary nitrogens is 1. The molecule has 1 nitrogen and oxygen atoms in total. The van der Waals surface area contributed by atoms with Crippen LogP contribution in [0.3, 0.4) is 0 Å². The molecular formula is C38H72N+. The molecule has 0 N–H and O–H groups in total. The van der Waals surface area contributed by atoms with Crippen molar-refractivity contribution >= 4 is 0 Å². The molecule has 0 aromatic carbocycles. The second-order valence-electron chi connectivity index (χ2n) is 12.5. The third kappa shape index (κ3) is 33.0. The fourth-order valence-corrected chi connectivity index (χ4v) is 5.15. The molecule has 0 aromatic rings. The van der Waals surface area contributed by atoms with E-state index in [0.29, 0.717) is 0 Å². The molecule has 0 rings (SSSR count). The molecule has 0 saturated carbocycles. The van der Waals surface area contributed by atoms with Gasteiger partial charge in [0.2, 0.25) is 0 Å². The number of hydrogen-bond donors (Lipinski definition) is 0. The van der Waals surface area contributed by atoms with Gasteiger partial charge in [0, 0.05) is 0 Å². The third-order valence-electron chi connectivity index (χ3n) is 7.88. The van der Waals surface area contributed by atoms with Crippen LogP contribution in [0.25, 0.3) is 0 Å². The van der Waals surface area contributed by atoms with Gasteiger partial charge in [-0.1, -0.05) is 179 Å². The average Bonchev–Trinajstić information content (AvgIpc) is 2.92. The smallest absolute Gasteiger partial charge is 0.1000 e. The van der Waals surface area contributed by atoms with Gasteiger partial charge in [0.15, 0.2) is 0 Å². The lowest BCUT2D eigenvalue weighted by Gasteiger charge is -2.18. The first-order valence-corrected chi connectivity index (χ1v) is 17.6. The van der Waals surface area contributed by atoms with Gasteiger partial charge in [-0.05, 0) is 37.8 Å². The number of rotatable bonds is 30. The Morgan fingerprint density at radius 2 is 0.590 bits per heavy atom. The van der Waals surface area contributed by atoms with Crippen LogP contribution in [0.4, 0.5) is 0 Å². The SMILES string of the molecule is CCCCCCCCCCCCCCC=CC=C[N+](C)(C)C=CC=CCCCCCCCCCCCCCC. The van der Waals surface area contributed by atoms with Crippen LogP contribution in [0.2, 0.25) is 0 Å². The van der Waals surface area contributed by atoms with E-state index in [2.05, 4.69) is 76.8 Å². The topological polar surface area (TPSA) is 0 Å². The predicted molar refractivity (Wildman–Crippen MR) is 180 cm³/mol. The second-order valence-corrected chi connectivity index (χ2v) is 12.5. The molecule has 39 heavy (non-hydrogen) atoms. The highest BCUT2D eigenvalue weighted by molar-refractivity contribution is 5.03. The molecule has 0 fully saturated rings. The summed E-state index contributed by atoms with van der Waals surface area (Å²) in [5, 5.41) is 0. The van der Waals surface area contributed by atoms with Crippen LogP contribution in [0.1, 0.15) is 181 Å². The summed E-state index contributed by atoms with van der Waals surface area (Å²) in [6.07, 6.45) is 54.7. The van der Waals surface area contributed by atoms with E-state index in [1.807, 2.05) is 0 Å². The van der Waals surface area contributed by atoms with Crippen molar-refractivity contribution < 1.29 is 4.48 Å². The summed E-state index contributed by atoms with van der Waals surface area (Å²) in [7, 11) is 4.45. The first-order chi connectivity index (χ1) is 19.1. The van der Waals surface area contributed by atoms with Crippen LogP contribution in [0.5, 0.6) is 0 Å². The van der Waals surface area contributed by atoms with Gasteiger partial charge in [-0.2, -0.15) is 0 Å². The van der Waals surface area contributed by atoms with Crippen molar-refractivity contribution in [2.75, 3.05) is 14.1 Å². The summed E-state index contributed by atoms with van der Waals surface area (Å²) in [5.74, 6) is 0. The van der Waals surface area contributed by atoms with E-state index in [0.717, 1.165) is 4.48 Å². The van der Waals surface area contributed by atoms with Crippen LogP contribution in [-0.2, 0) is 0 Å². The molecule has 0 saturated heterocycles. The van der Waals surface area contributed by atoms with Crippen LogP contribution in [-0.4, -0.2) is 18.6 Å². The van der Waals surface area contributed by atoms with Gasteiger partial charge in [0.25, 0.3) is 0 Å². The van der Waals surface area contributed by atoms with E-state index in [4.69, 9.17) is 0 Å². The number of nitrogens with zero attached hydrogens (tertiary/aromatic N) is 1. The molecule has 0 aliphatic rings. The van der Waals surface area contributed by atoms with E-state index in [9.17, 15) is 0 Å². The van der Waals surface area contributed by atoms with Gasteiger partial charge < -0.3 is 0 Å². The molecule has 0 bridgehead atoms. The normalized spacial score (nSPS) is 12.8. The summed E-state index contributed by atoms with van der Waals surface area (Å²) in [4.78, 5) is 0. The van der Waals surface area contributed by atoms with E-state index >= 15 is 0 Å². The Morgan fingerprint density at radius 3 is 0.872 bits per heavy atom. The van der Waals surface area contributed by atoms with Crippen molar-refractivity contribution in [1.82, 2.24) is 0 Å². The number of unbranched alkanes of at least 4 members (excludes halogenated alkanes) is 24. The number of allylic oxidation sites excluding steroid dienone is 6. The standard InChI is InChI=1S/C38H72N/c1-5-7-9-11-13-15-17-19-21-23-25-27-29-31-33-35-37-39(3,4)38-36-34-32-30-28-26-24-22-20-18-16-14-12-10-8-6-2/h31-38H,5-30H2,1-4H3/q+1. The lowest BCUT2D eigenvalue weighted by molar-refractivity contribution is -0.784. The molecule has 0 heterocycles. The largest absolute Gasteiger partial charge is 0.276 e. The van der Waals surface area contributed by atoms with E-state index in [1.54, 1.807) is 0 Å². The Kier molecular flexibility index (Phi) is 30.6. The molecule has 0 unspecified atom stereocenters. The maximum absolute atomic E-state index is 2.34. The Morgan fingerprint density at radius 1 is 0.333 bits per heavy atom. The maximum Gasteiger partial charge on any atom is 0.1000 e. The molecule has 0 aliphatic heterocycles. The van der Waals surface area contributed by atoms with Crippen LogP contribution >= 0.6 is 0 Å². The van der Waals surface area contributed by atoms with Crippen molar-refractivity contribution in [3.63, 3.8) is 0 Å². The first-order valence-electron chi connectivity index (χ1n) is 17.6. The Bertz CT molecular complexity index is 530. The van der Waals surface area contributed by atoms with Crippen LogP contribution in [0.15, 0.2) is 48.9 Å². The molecule has 0 spiro atoms. The minimum absolute atomic E-state index is 0.784. The molecule has 0 amide bonds. The van der Waals surface area contributed by atoms with Gasteiger partial charge >= 0.3 is 0 Å². The Hall–Kier alpha value is -1.08. The Balaban J connectivity index is 3.57. The summed E-state index contributed by atoms with van der Waals surface area (Å²) < 4.78 is 0.784. The minimum atomic E-state index is 0.784. The average molecular weight is 543 g/mol. The molecule has 0 aliphatic carbocycles. The van der Waals surface area contributed by atoms with Crippen LogP contribution < -0.4 is 0 Å². The summed E-state index contributed by atoms with van der Waals surface area (Å²) in [6, 6.07) is 0. The fraction of sp³-hybridized carbons (Fsp3) is 0.789. The van der Waals surface area contributed by atoms with Crippen molar-refractivity contribution in [2.24, 2.45) is 0 Å². The van der Waals surface area contributed by atoms with Crippen molar-refractivity contribution in [3.05, 3.63) is 48.9 Å². The Labute approximate surface area is 247 Å². The van der Waals surface area contributed by atoms with Crippen molar-refractivity contribution in [1.29, 1.82) is 0 Å². The minimum Gasteiger partial charge on any atom is -0.276 e. The van der Waals surface area contributed by atoms with Crippen LogP contribution in [0, 0.1) is 0 Å². The lowest BCUT2D eigenvalue weighted by atomic mass is 10.0. The molecule has 228 valence electrons. The van der Waals surface area contributed by atoms with E-state index < -0.39 is 0 Å². The first kappa shape index (κ1) is 37.9. The second kappa shape index (κ2) is 31.4. The van der Waals surface area contributed by atoms with E-state index in [-0.39, 0.29) is 0 Å². The fourth-order valence-electron chi connectivity index (χ4n) is 5.15.